The number of nitrogens with zero attached hydrogens (tertiary/aromatic N) is 4. The van der Waals surface area contributed by atoms with Crippen LogP contribution < -0.4 is 19.6 Å². The summed E-state index contributed by atoms with van der Waals surface area (Å²) in [6.45, 7) is 7.70. The predicted octanol–water partition coefficient (Wildman–Crippen LogP) is 7.78. The Bertz CT molecular complexity index is 2050. The lowest BCUT2D eigenvalue weighted by atomic mass is 9.97. The molecule has 0 amide bonds. The molecule has 0 aliphatic rings. The maximum Gasteiger partial charge on any atom is 0.339 e. The van der Waals surface area contributed by atoms with Crippen LogP contribution in [-0.4, -0.2) is 104 Å². The molecule has 0 saturated heterocycles. The lowest BCUT2D eigenvalue weighted by molar-refractivity contribution is -0.0637. The molecule has 0 unspecified atom stereocenters. The van der Waals surface area contributed by atoms with Gasteiger partial charge in [-0.25, -0.2) is 9.59 Å². The Hall–Kier alpha value is -5.68. The van der Waals surface area contributed by atoms with E-state index in [1.54, 1.807) is 74.5 Å². The Morgan fingerprint density at radius 2 is 0.825 bits per heavy atom. The molecule has 4 aromatic rings. The Balaban J connectivity index is 1.38. The van der Waals surface area contributed by atoms with Gasteiger partial charge in [0, 0.05) is 114 Å². The van der Waals surface area contributed by atoms with E-state index < -0.39 is 23.1 Å². The molecule has 0 heterocycles. The summed E-state index contributed by atoms with van der Waals surface area (Å²) >= 11 is 0. The summed E-state index contributed by atoms with van der Waals surface area (Å²) in [7, 11) is 15.2. The van der Waals surface area contributed by atoms with Crippen LogP contribution in [0.15, 0.2) is 84.9 Å². The summed E-state index contributed by atoms with van der Waals surface area (Å²) in [5.41, 5.74) is 3.63. The Kier molecular flexibility index (Phi) is 14.3. The fourth-order valence-electron chi connectivity index (χ4n) is 5.96. The van der Waals surface area contributed by atoms with Crippen LogP contribution in [0.4, 0.5) is 22.7 Å². The first-order valence-electron chi connectivity index (χ1n) is 19.0. The molecule has 0 aliphatic heterocycles. The first-order chi connectivity index (χ1) is 26.7. The van der Waals surface area contributed by atoms with Gasteiger partial charge in [-0.1, -0.05) is 0 Å². The summed E-state index contributed by atoms with van der Waals surface area (Å²) in [5.74, 6) is -1.75. The maximum absolute atomic E-state index is 13.7. The number of carbonyl (C=O) groups is 4. The lowest BCUT2D eigenvalue weighted by Gasteiger charge is -2.30. The highest BCUT2D eigenvalue weighted by atomic mass is 16.6. The van der Waals surface area contributed by atoms with Crippen LogP contribution in [-0.2, 0) is 14.2 Å². The molecule has 57 heavy (non-hydrogen) atoms. The first kappa shape index (κ1) is 44.0. The van der Waals surface area contributed by atoms with Crippen molar-refractivity contribution in [2.24, 2.45) is 0 Å². The van der Waals surface area contributed by atoms with Gasteiger partial charge in [0.25, 0.3) is 0 Å². The number of hydrogen-bond acceptors (Lipinski definition) is 11. The van der Waals surface area contributed by atoms with Crippen LogP contribution in [0, 0.1) is 0 Å². The van der Waals surface area contributed by atoms with Crippen molar-refractivity contribution < 1.29 is 33.4 Å². The maximum atomic E-state index is 13.7. The molecule has 0 aliphatic carbocycles. The molecule has 0 spiro atoms. The number of anilines is 4. The topological polar surface area (TPSA) is 109 Å². The summed E-state index contributed by atoms with van der Waals surface area (Å²) in [6.07, 6.45) is 0.739. The fraction of sp³-hybridized carbons (Fsp3) is 0.391. The highest BCUT2D eigenvalue weighted by Gasteiger charge is 2.29. The third-order valence-electron chi connectivity index (χ3n) is 9.76. The number of rotatable bonds is 18. The van der Waals surface area contributed by atoms with Gasteiger partial charge in [0.2, 0.25) is 0 Å². The third-order valence-corrected chi connectivity index (χ3v) is 9.76. The number of ether oxygens (including phenoxy) is 3. The van der Waals surface area contributed by atoms with Gasteiger partial charge in [-0.05, 0) is 113 Å². The Morgan fingerprint density at radius 3 is 1.23 bits per heavy atom. The fourth-order valence-corrected chi connectivity index (χ4v) is 5.96. The van der Waals surface area contributed by atoms with Gasteiger partial charge in [-0.15, -0.1) is 0 Å². The molecule has 0 saturated carbocycles. The van der Waals surface area contributed by atoms with Crippen LogP contribution in [0.5, 0.6) is 0 Å². The second-order valence-electron chi connectivity index (χ2n) is 16.2. The minimum Gasteiger partial charge on any atom is -0.462 e. The van der Waals surface area contributed by atoms with Crippen molar-refractivity contribution in [1.82, 2.24) is 0 Å². The lowest BCUT2D eigenvalue weighted by Crippen LogP contribution is -2.33. The van der Waals surface area contributed by atoms with Gasteiger partial charge >= 0.3 is 11.9 Å². The minimum atomic E-state index is -0.936. The summed E-state index contributed by atoms with van der Waals surface area (Å²) in [4.78, 5) is 62.1. The Labute approximate surface area is 338 Å². The molecule has 0 N–H and O–H groups in total. The zero-order valence-electron chi connectivity index (χ0n) is 35.6. The van der Waals surface area contributed by atoms with Gasteiger partial charge in [0.05, 0.1) is 29.9 Å². The summed E-state index contributed by atoms with van der Waals surface area (Å²) in [6, 6.07) is 24.8. The molecule has 4 aromatic carbocycles. The first-order valence-corrected chi connectivity index (χ1v) is 19.0. The number of hydrogen-bond donors (Lipinski definition) is 0. The molecular weight excluding hydrogens is 721 g/mol. The van der Waals surface area contributed by atoms with Gasteiger partial charge in [0.15, 0.2) is 11.6 Å². The zero-order valence-corrected chi connectivity index (χ0v) is 35.6. The SMILES string of the molecule is CN(C)c1ccc(C(=O)c2ccc(N(C)C)cc2C(=O)OCCC(C)(C)OCCC(C)(C)OC(=O)c2cc(N(C)C)ccc2C(=O)c2ccc(N(C)C)cc2)cc1. The van der Waals surface area contributed by atoms with Crippen LogP contribution in [0.3, 0.4) is 0 Å². The number of benzene rings is 4. The highest BCUT2D eigenvalue weighted by Crippen LogP contribution is 2.28. The predicted molar refractivity (Wildman–Crippen MR) is 229 cm³/mol. The summed E-state index contributed by atoms with van der Waals surface area (Å²) in [5, 5.41) is 0. The number of carbonyl (C=O) groups excluding carboxylic acids is 4. The second kappa shape index (κ2) is 18.5. The van der Waals surface area contributed by atoms with Crippen molar-refractivity contribution in [2.45, 2.75) is 51.7 Å². The monoisotopic (exact) mass is 778 g/mol. The van der Waals surface area contributed by atoms with E-state index in [0.29, 0.717) is 24.0 Å². The summed E-state index contributed by atoms with van der Waals surface area (Å²) < 4.78 is 18.0. The molecule has 0 radical (unpaired) electrons. The number of esters is 2. The molecule has 0 bridgehead atoms. The Morgan fingerprint density at radius 1 is 0.456 bits per heavy atom. The molecule has 11 nitrogen and oxygen atoms in total. The molecular formula is C46H58N4O7. The molecule has 0 aromatic heterocycles. The van der Waals surface area contributed by atoms with E-state index in [1.807, 2.05) is 114 Å². The smallest absolute Gasteiger partial charge is 0.339 e. The normalized spacial score (nSPS) is 11.4. The van der Waals surface area contributed by atoms with E-state index in [9.17, 15) is 19.2 Å². The van der Waals surface area contributed by atoms with Crippen molar-refractivity contribution in [1.29, 1.82) is 0 Å². The molecule has 11 heteroatoms. The van der Waals surface area contributed by atoms with E-state index in [1.165, 1.54) is 0 Å². The van der Waals surface area contributed by atoms with Crippen LogP contribution >= 0.6 is 0 Å². The molecule has 0 atom stereocenters. The molecule has 304 valence electrons. The van der Waals surface area contributed by atoms with E-state index >= 15 is 0 Å². The quantitative estimate of drug-likeness (QED) is 0.0730. The van der Waals surface area contributed by atoms with Crippen molar-refractivity contribution in [3.63, 3.8) is 0 Å². The average Bonchev–Trinajstić information content (AvgIpc) is 3.16. The molecule has 4 rings (SSSR count). The van der Waals surface area contributed by atoms with E-state index in [-0.39, 0.29) is 47.0 Å². The minimum absolute atomic E-state index is 0.0540. The van der Waals surface area contributed by atoms with Crippen molar-refractivity contribution in [2.75, 3.05) is 89.2 Å². The van der Waals surface area contributed by atoms with E-state index in [4.69, 9.17) is 14.2 Å². The van der Waals surface area contributed by atoms with Gasteiger partial charge in [-0.3, -0.25) is 9.59 Å². The van der Waals surface area contributed by atoms with Crippen molar-refractivity contribution in [3.8, 4) is 0 Å². The van der Waals surface area contributed by atoms with Crippen LogP contribution in [0.2, 0.25) is 0 Å². The second-order valence-corrected chi connectivity index (χ2v) is 16.2. The number of ketones is 2. The van der Waals surface area contributed by atoms with Crippen molar-refractivity contribution in [3.05, 3.63) is 118 Å². The van der Waals surface area contributed by atoms with E-state index in [2.05, 4.69) is 0 Å². The van der Waals surface area contributed by atoms with Gasteiger partial charge in [0.1, 0.15) is 5.60 Å². The standard InChI is InChI=1S/C46H58N4O7/c1-45(2,25-27-55-43(53)39-29-35(49(9)10)21-23-37(39)41(51)31-13-17-33(18-14-31)47(5)6)56-28-26-46(3,4)57-44(54)40-30-36(50(11)12)22-24-38(40)42(52)32-15-19-34(20-16-32)48(7)8/h13-24,29-30H,25-28H2,1-12H3. The van der Waals surface area contributed by atoms with Crippen LogP contribution in [0.25, 0.3) is 0 Å². The molecule has 0 fully saturated rings. The largest absolute Gasteiger partial charge is 0.462 e. The zero-order chi connectivity index (χ0) is 42.2. The highest BCUT2D eigenvalue weighted by molar-refractivity contribution is 6.16. The van der Waals surface area contributed by atoms with E-state index in [0.717, 1.165) is 22.7 Å². The van der Waals surface area contributed by atoms with Crippen molar-refractivity contribution >= 4 is 46.3 Å². The van der Waals surface area contributed by atoms with Crippen LogP contribution in [0.1, 0.15) is 93.1 Å². The van der Waals surface area contributed by atoms with Gasteiger partial charge in [-0.2, -0.15) is 0 Å². The third kappa shape index (κ3) is 11.7. The average molecular weight is 779 g/mol. The van der Waals surface area contributed by atoms with Gasteiger partial charge < -0.3 is 33.8 Å².